The van der Waals surface area contributed by atoms with Crippen molar-refractivity contribution < 1.29 is 19.2 Å². The summed E-state index contributed by atoms with van der Waals surface area (Å²) in [6.07, 6.45) is 4.13. The molecule has 1 aromatic rings. The van der Waals surface area contributed by atoms with E-state index in [1.165, 1.54) is 26.2 Å². The van der Waals surface area contributed by atoms with Crippen molar-refractivity contribution in [1.82, 2.24) is 0 Å². The van der Waals surface area contributed by atoms with Crippen molar-refractivity contribution in [2.24, 2.45) is 0 Å². The topological polar surface area (TPSA) is 78.7 Å². The largest absolute Gasteiger partial charge is 0.493 e. The fourth-order valence-corrected chi connectivity index (χ4v) is 2.42. The van der Waals surface area contributed by atoms with Crippen molar-refractivity contribution in [3.05, 3.63) is 27.8 Å². The molecule has 0 amide bonds. The lowest BCUT2D eigenvalue weighted by molar-refractivity contribution is -0.385. The first-order valence-electron chi connectivity index (χ1n) is 7.57. The number of benzene rings is 1. The second kappa shape index (κ2) is 8.36. The van der Waals surface area contributed by atoms with E-state index in [4.69, 9.17) is 9.47 Å². The average Bonchev–Trinajstić information content (AvgIpc) is 3.01. The Morgan fingerprint density at radius 1 is 1.23 bits per heavy atom. The van der Waals surface area contributed by atoms with Gasteiger partial charge in [0.15, 0.2) is 17.3 Å². The molecule has 0 heterocycles. The molecule has 1 aliphatic carbocycles. The van der Waals surface area contributed by atoms with Crippen LogP contribution in [0.4, 0.5) is 5.69 Å². The van der Waals surface area contributed by atoms with Crippen LogP contribution in [0.2, 0.25) is 0 Å². The zero-order chi connectivity index (χ0) is 16.7. The number of rotatable bonds is 5. The molecule has 122 valence electrons. The molecule has 0 unspecified atom stereocenters. The molecule has 1 fully saturated rings. The minimum atomic E-state index is -0.572. The van der Waals surface area contributed by atoms with Gasteiger partial charge in [0.2, 0.25) is 0 Å². The Balaban J connectivity index is 0.00000116. The molecule has 1 aliphatic rings. The molecular weight excluding hydrogens is 286 g/mol. The summed E-state index contributed by atoms with van der Waals surface area (Å²) in [5.41, 5.74) is -0.211. The van der Waals surface area contributed by atoms with Crippen molar-refractivity contribution in [1.29, 1.82) is 0 Å². The summed E-state index contributed by atoms with van der Waals surface area (Å²) in [5, 5.41) is 11.1. The number of ketones is 1. The smallest absolute Gasteiger partial charge is 0.284 e. The van der Waals surface area contributed by atoms with Crippen molar-refractivity contribution >= 4 is 11.5 Å². The van der Waals surface area contributed by atoms with Crippen LogP contribution in [0.1, 0.15) is 56.8 Å². The quantitative estimate of drug-likeness (QED) is 0.463. The van der Waals surface area contributed by atoms with E-state index in [1.54, 1.807) is 0 Å². The van der Waals surface area contributed by atoms with Crippen LogP contribution >= 0.6 is 0 Å². The minimum absolute atomic E-state index is 0.0330. The number of hydrogen-bond donors (Lipinski definition) is 0. The maximum Gasteiger partial charge on any atom is 0.284 e. The lowest BCUT2D eigenvalue weighted by Gasteiger charge is -2.16. The molecule has 6 heteroatoms. The highest BCUT2D eigenvalue weighted by Crippen LogP contribution is 2.37. The summed E-state index contributed by atoms with van der Waals surface area (Å²) in [7, 11) is 1.45. The first-order valence-corrected chi connectivity index (χ1v) is 7.57. The van der Waals surface area contributed by atoms with E-state index in [2.05, 4.69) is 0 Å². The highest BCUT2D eigenvalue weighted by molar-refractivity contribution is 5.98. The third kappa shape index (κ3) is 4.19. The SMILES string of the molecule is CC.COc1cc(C(C)=O)c([N+](=O)[O-])cc1OC1CCCC1. The summed E-state index contributed by atoms with van der Waals surface area (Å²) < 4.78 is 11.0. The van der Waals surface area contributed by atoms with Gasteiger partial charge in [-0.3, -0.25) is 14.9 Å². The van der Waals surface area contributed by atoms with Crippen LogP contribution in [-0.4, -0.2) is 23.9 Å². The van der Waals surface area contributed by atoms with E-state index >= 15 is 0 Å². The van der Waals surface area contributed by atoms with E-state index in [-0.39, 0.29) is 23.1 Å². The third-order valence-corrected chi connectivity index (χ3v) is 3.45. The van der Waals surface area contributed by atoms with Crippen molar-refractivity contribution in [2.75, 3.05) is 7.11 Å². The molecule has 0 saturated heterocycles. The Morgan fingerprint density at radius 3 is 2.27 bits per heavy atom. The molecule has 1 aromatic carbocycles. The Hall–Kier alpha value is -2.11. The first kappa shape index (κ1) is 17.9. The fourth-order valence-electron chi connectivity index (χ4n) is 2.42. The molecule has 0 aromatic heterocycles. The number of hydrogen-bond acceptors (Lipinski definition) is 5. The average molecular weight is 309 g/mol. The standard InChI is InChI=1S/C14H17NO5.C2H6/c1-9(16)11-7-13(19-2)14(8-12(11)15(17)18)20-10-5-3-4-6-10;1-2/h7-8,10H,3-6H2,1-2H3;1-2H3. The zero-order valence-corrected chi connectivity index (χ0v) is 13.5. The molecule has 0 bridgehead atoms. The Morgan fingerprint density at radius 2 is 1.82 bits per heavy atom. The molecule has 0 spiro atoms. The number of nitro benzene ring substituents is 1. The molecule has 1 saturated carbocycles. The van der Waals surface area contributed by atoms with Crippen LogP contribution in [0, 0.1) is 10.1 Å². The number of carbonyl (C=O) groups excluding carboxylic acids is 1. The normalized spacial score (nSPS) is 14.0. The maximum absolute atomic E-state index is 11.5. The van der Waals surface area contributed by atoms with E-state index < -0.39 is 4.92 Å². The van der Waals surface area contributed by atoms with Gasteiger partial charge in [0, 0.05) is 6.07 Å². The van der Waals surface area contributed by atoms with Gasteiger partial charge in [0.1, 0.15) is 0 Å². The number of nitrogens with zero attached hydrogens (tertiary/aromatic N) is 1. The maximum atomic E-state index is 11.5. The van der Waals surface area contributed by atoms with Crippen molar-refractivity contribution in [3.8, 4) is 11.5 Å². The van der Waals surface area contributed by atoms with E-state index in [0.29, 0.717) is 11.5 Å². The number of methoxy groups -OCH3 is 1. The molecular formula is C16H23NO5. The van der Waals surface area contributed by atoms with Crippen LogP contribution in [0.3, 0.4) is 0 Å². The van der Waals surface area contributed by atoms with Gasteiger partial charge in [-0.05, 0) is 32.6 Å². The Labute approximate surface area is 130 Å². The Kier molecular flexibility index (Phi) is 6.82. The lowest BCUT2D eigenvalue weighted by atomic mass is 10.1. The highest BCUT2D eigenvalue weighted by atomic mass is 16.6. The van der Waals surface area contributed by atoms with Gasteiger partial charge in [-0.15, -0.1) is 0 Å². The molecule has 6 nitrogen and oxygen atoms in total. The van der Waals surface area contributed by atoms with Gasteiger partial charge in [-0.1, -0.05) is 13.8 Å². The van der Waals surface area contributed by atoms with Crippen LogP contribution < -0.4 is 9.47 Å². The second-order valence-electron chi connectivity index (χ2n) is 4.86. The summed E-state index contributed by atoms with van der Waals surface area (Å²) >= 11 is 0. The van der Waals surface area contributed by atoms with Crippen LogP contribution in [0.25, 0.3) is 0 Å². The van der Waals surface area contributed by atoms with Crippen LogP contribution in [0.15, 0.2) is 12.1 Å². The highest BCUT2D eigenvalue weighted by Gasteiger charge is 2.25. The third-order valence-electron chi connectivity index (χ3n) is 3.45. The first-order chi connectivity index (χ1) is 10.5. The van der Waals surface area contributed by atoms with Gasteiger partial charge in [-0.25, -0.2) is 0 Å². The molecule has 22 heavy (non-hydrogen) atoms. The number of nitro groups is 1. The zero-order valence-electron chi connectivity index (χ0n) is 13.5. The van der Waals surface area contributed by atoms with Crippen LogP contribution in [0.5, 0.6) is 11.5 Å². The minimum Gasteiger partial charge on any atom is -0.493 e. The molecule has 0 radical (unpaired) electrons. The second-order valence-corrected chi connectivity index (χ2v) is 4.86. The molecule has 0 N–H and O–H groups in total. The van der Waals surface area contributed by atoms with Gasteiger partial charge in [0.25, 0.3) is 5.69 Å². The summed E-state index contributed by atoms with van der Waals surface area (Å²) in [4.78, 5) is 22.0. The van der Waals surface area contributed by atoms with Gasteiger partial charge in [-0.2, -0.15) is 0 Å². The predicted molar refractivity (Wildman–Crippen MR) is 83.9 cm³/mol. The molecule has 0 atom stereocenters. The Bertz CT molecular complexity index is 536. The summed E-state index contributed by atoms with van der Waals surface area (Å²) in [6.45, 7) is 5.29. The fraction of sp³-hybridized carbons (Fsp3) is 0.562. The lowest BCUT2D eigenvalue weighted by Crippen LogP contribution is -2.12. The molecule has 0 aliphatic heterocycles. The number of ether oxygens (including phenoxy) is 2. The predicted octanol–water partition coefficient (Wildman–Crippen LogP) is 4.15. The number of Topliss-reactive ketones (excluding diaryl/α,β-unsaturated/α-hetero) is 1. The van der Waals surface area contributed by atoms with E-state index in [0.717, 1.165) is 25.7 Å². The van der Waals surface area contributed by atoms with Crippen molar-refractivity contribution in [2.45, 2.75) is 52.6 Å². The van der Waals surface area contributed by atoms with E-state index in [9.17, 15) is 14.9 Å². The van der Waals surface area contributed by atoms with E-state index in [1.807, 2.05) is 13.8 Å². The number of carbonyl (C=O) groups is 1. The van der Waals surface area contributed by atoms with Gasteiger partial charge < -0.3 is 9.47 Å². The molecule has 2 rings (SSSR count). The summed E-state index contributed by atoms with van der Waals surface area (Å²) in [5.74, 6) is 0.311. The summed E-state index contributed by atoms with van der Waals surface area (Å²) in [6, 6.07) is 2.67. The van der Waals surface area contributed by atoms with Crippen LogP contribution in [-0.2, 0) is 0 Å². The van der Waals surface area contributed by atoms with Gasteiger partial charge in [0.05, 0.1) is 29.8 Å². The van der Waals surface area contributed by atoms with Gasteiger partial charge >= 0.3 is 0 Å². The monoisotopic (exact) mass is 309 g/mol. The van der Waals surface area contributed by atoms with Crippen molar-refractivity contribution in [3.63, 3.8) is 0 Å².